The van der Waals surface area contributed by atoms with Gasteiger partial charge in [-0.2, -0.15) is 13.2 Å². The van der Waals surface area contributed by atoms with E-state index in [1.54, 1.807) is 24.3 Å². The highest BCUT2D eigenvalue weighted by atomic mass is 35.5. The number of amides is 1. The van der Waals surface area contributed by atoms with Crippen molar-refractivity contribution in [1.29, 1.82) is 0 Å². The maximum Gasteiger partial charge on any atom is 0.391 e. The molecule has 1 aliphatic heterocycles. The Balaban J connectivity index is 0.00000205. The van der Waals surface area contributed by atoms with E-state index in [-0.39, 0.29) is 38.4 Å². The van der Waals surface area contributed by atoms with Gasteiger partial charge in [-0.1, -0.05) is 75.5 Å². The average molecular weight is 607 g/mol. The molecule has 6 nitrogen and oxygen atoms in total. The maximum absolute atomic E-state index is 13.0. The van der Waals surface area contributed by atoms with E-state index in [1.165, 1.54) is 0 Å². The molecule has 1 fully saturated rings. The van der Waals surface area contributed by atoms with Gasteiger partial charge < -0.3 is 20.5 Å². The molecule has 2 aromatic carbocycles. The molecule has 1 amide bonds. The van der Waals surface area contributed by atoms with Crippen molar-refractivity contribution in [3.05, 3.63) is 44.9 Å². The Morgan fingerprint density at radius 1 is 1.08 bits per heavy atom. The molecule has 0 unspecified atom stereocenters. The molecule has 12 heteroatoms. The number of fused-ring (bicyclic) bond motifs is 1. The minimum absolute atomic E-state index is 0.0226. The molecular weight excluding hydrogens is 574 g/mol. The first kappa shape index (κ1) is 31.2. The predicted molar refractivity (Wildman–Crippen MR) is 154 cm³/mol. The Labute approximate surface area is 241 Å². The number of piperidine rings is 1. The fraction of sp³-hybridized carbons (Fsp3) is 0.481. The van der Waals surface area contributed by atoms with Crippen LogP contribution in [0.2, 0.25) is 15.1 Å². The number of imidazole rings is 1. The van der Waals surface area contributed by atoms with Crippen molar-refractivity contribution < 1.29 is 18.0 Å². The summed E-state index contributed by atoms with van der Waals surface area (Å²) >= 11 is 19.5. The van der Waals surface area contributed by atoms with E-state index in [1.807, 2.05) is 39.5 Å². The third-order valence-electron chi connectivity index (χ3n) is 6.38. The Bertz CT molecular complexity index is 1310. The summed E-state index contributed by atoms with van der Waals surface area (Å²) in [5.41, 5.74) is 2.42. The summed E-state index contributed by atoms with van der Waals surface area (Å²) in [5, 5.41) is 7.09. The third-order valence-corrected chi connectivity index (χ3v) is 7.43. The van der Waals surface area contributed by atoms with Crippen LogP contribution in [0.5, 0.6) is 0 Å². The highest BCUT2D eigenvalue weighted by Gasteiger charge is 2.41. The summed E-state index contributed by atoms with van der Waals surface area (Å²) < 4.78 is 39.1. The highest BCUT2D eigenvalue weighted by Crippen LogP contribution is 2.39. The van der Waals surface area contributed by atoms with Crippen LogP contribution in [0.15, 0.2) is 24.3 Å². The first-order valence-corrected chi connectivity index (χ1v) is 13.9. The van der Waals surface area contributed by atoms with Gasteiger partial charge in [-0.3, -0.25) is 4.79 Å². The molecule has 0 radical (unpaired) electrons. The van der Waals surface area contributed by atoms with Gasteiger partial charge in [0.15, 0.2) is 0 Å². The molecule has 0 bridgehead atoms. The van der Waals surface area contributed by atoms with Crippen LogP contribution in [0.4, 0.5) is 30.5 Å². The maximum atomic E-state index is 13.0. The molecule has 39 heavy (non-hydrogen) atoms. The normalized spacial score (nSPS) is 14.7. The molecule has 214 valence electrons. The zero-order valence-corrected chi connectivity index (χ0v) is 24.8. The van der Waals surface area contributed by atoms with E-state index in [9.17, 15) is 18.0 Å². The standard InChI is InChI=1S/C25H27Cl3F3N5O.C2H6/c1-24(2,3)22(37)32-12-13-4-5-15(26)21(20(13)28)35-23-33-17-10-16(27)19(11-18(17)34-23)36-8-6-14(7-9-36)25(29,30)31;1-2/h4-5,10-11,14H,6-9,12H2,1-3H3,(H,32,37)(H2,33,34,35);1-2H3. The number of alkyl halides is 3. The van der Waals surface area contributed by atoms with Gasteiger partial charge in [0.25, 0.3) is 0 Å². The molecule has 0 aliphatic carbocycles. The van der Waals surface area contributed by atoms with Crippen LogP contribution in [0.25, 0.3) is 11.0 Å². The first-order valence-electron chi connectivity index (χ1n) is 12.8. The Hall–Kier alpha value is -2.36. The van der Waals surface area contributed by atoms with Gasteiger partial charge in [-0.25, -0.2) is 4.98 Å². The third kappa shape index (κ3) is 7.44. The van der Waals surface area contributed by atoms with E-state index >= 15 is 0 Å². The zero-order valence-electron chi connectivity index (χ0n) is 22.5. The van der Waals surface area contributed by atoms with Crippen LogP contribution in [0.1, 0.15) is 53.0 Å². The van der Waals surface area contributed by atoms with E-state index < -0.39 is 17.5 Å². The van der Waals surface area contributed by atoms with Crippen molar-refractivity contribution >= 4 is 69.1 Å². The lowest BCUT2D eigenvalue weighted by atomic mass is 9.95. The molecule has 1 saturated heterocycles. The first-order chi connectivity index (χ1) is 18.2. The van der Waals surface area contributed by atoms with Crippen molar-refractivity contribution in [2.45, 2.75) is 60.2 Å². The number of carbonyl (C=O) groups is 1. The molecule has 3 N–H and O–H groups in total. The van der Waals surface area contributed by atoms with Gasteiger partial charge in [-0.15, -0.1) is 0 Å². The minimum atomic E-state index is -4.18. The van der Waals surface area contributed by atoms with Gasteiger partial charge in [0.2, 0.25) is 11.9 Å². The van der Waals surface area contributed by atoms with Gasteiger partial charge in [0, 0.05) is 25.0 Å². The Morgan fingerprint density at radius 2 is 1.72 bits per heavy atom. The van der Waals surface area contributed by atoms with E-state index in [4.69, 9.17) is 34.8 Å². The number of halogens is 6. The fourth-order valence-corrected chi connectivity index (χ4v) is 4.99. The molecule has 1 aromatic heterocycles. The molecule has 0 atom stereocenters. The SMILES string of the molecule is CC.CC(C)(C)C(=O)NCc1ccc(Cl)c(Nc2nc3cc(N4CCC(C(F)(F)F)CC4)c(Cl)cc3[nH]2)c1Cl. The number of anilines is 3. The molecule has 0 saturated carbocycles. The lowest BCUT2D eigenvalue weighted by molar-refractivity contribution is -0.179. The van der Waals surface area contributed by atoms with Crippen LogP contribution >= 0.6 is 34.8 Å². The van der Waals surface area contributed by atoms with Gasteiger partial charge in [0.05, 0.1) is 43.4 Å². The van der Waals surface area contributed by atoms with Crippen LogP contribution in [-0.4, -0.2) is 35.1 Å². The number of aromatic nitrogens is 2. The van der Waals surface area contributed by atoms with Crippen molar-refractivity contribution in [2.75, 3.05) is 23.3 Å². The number of hydrogen-bond acceptors (Lipinski definition) is 4. The number of H-pyrrole nitrogens is 1. The zero-order chi connectivity index (χ0) is 29.1. The Morgan fingerprint density at radius 3 is 2.31 bits per heavy atom. The van der Waals surface area contributed by atoms with Crippen molar-refractivity contribution in [3.63, 3.8) is 0 Å². The quantitative estimate of drug-likeness (QED) is 0.272. The summed E-state index contributed by atoms with van der Waals surface area (Å²) in [4.78, 5) is 21.8. The number of aromatic amines is 1. The summed E-state index contributed by atoms with van der Waals surface area (Å²) in [6.07, 6.45) is -4.13. The lowest BCUT2D eigenvalue weighted by Gasteiger charge is -2.34. The molecule has 0 spiro atoms. The number of hydrogen-bond donors (Lipinski definition) is 3. The number of nitrogens with one attached hydrogen (secondary N) is 3. The number of carbonyl (C=O) groups excluding carboxylic acids is 1. The van der Waals surface area contributed by atoms with Gasteiger partial charge in [-0.05, 0) is 36.6 Å². The van der Waals surface area contributed by atoms with Gasteiger partial charge >= 0.3 is 6.18 Å². The minimum Gasteiger partial charge on any atom is -0.370 e. The second-order valence-electron chi connectivity index (χ2n) is 10.2. The molecular formula is C27H33Cl3F3N5O. The van der Waals surface area contributed by atoms with E-state index in [0.717, 1.165) is 0 Å². The highest BCUT2D eigenvalue weighted by molar-refractivity contribution is 6.39. The summed E-state index contributed by atoms with van der Waals surface area (Å²) in [6, 6.07) is 6.87. The summed E-state index contributed by atoms with van der Waals surface area (Å²) in [6.45, 7) is 10.2. The molecule has 3 aromatic rings. The van der Waals surface area contributed by atoms with Crippen molar-refractivity contribution in [3.8, 4) is 0 Å². The van der Waals surface area contributed by atoms with Gasteiger partial charge in [0.1, 0.15) is 0 Å². The van der Waals surface area contributed by atoms with Crippen LogP contribution in [0, 0.1) is 11.3 Å². The van der Waals surface area contributed by atoms with Crippen LogP contribution in [-0.2, 0) is 11.3 Å². The second kappa shape index (κ2) is 12.4. The number of rotatable bonds is 5. The number of nitrogens with zero attached hydrogens (tertiary/aromatic N) is 2. The molecule has 4 rings (SSSR count). The second-order valence-corrected chi connectivity index (χ2v) is 11.4. The largest absolute Gasteiger partial charge is 0.391 e. The van der Waals surface area contributed by atoms with E-state index in [2.05, 4.69) is 20.6 Å². The lowest BCUT2D eigenvalue weighted by Crippen LogP contribution is -2.39. The Kier molecular flexibility index (Phi) is 9.94. The monoisotopic (exact) mass is 605 g/mol. The summed E-state index contributed by atoms with van der Waals surface area (Å²) in [7, 11) is 0. The average Bonchev–Trinajstić information content (AvgIpc) is 3.26. The van der Waals surface area contributed by atoms with Crippen molar-refractivity contribution in [1.82, 2.24) is 15.3 Å². The van der Waals surface area contributed by atoms with E-state index in [0.29, 0.717) is 49.0 Å². The fourth-order valence-electron chi connectivity index (χ4n) is 4.17. The molecule has 1 aliphatic rings. The van der Waals surface area contributed by atoms with Crippen LogP contribution < -0.4 is 15.5 Å². The number of benzene rings is 2. The van der Waals surface area contributed by atoms with Crippen LogP contribution in [0.3, 0.4) is 0 Å². The smallest absolute Gasteiger partial charge is 0.370 e. The van der Waals surface area contributed by atoms with Crippen molar-refractivity contribution in [2.24, 2.45) is 11.3 Å². The topological polar surface area (TPSA) is 73.1 Å². The molecule has 2 heterocycles. The summed E-state index contributed by atoms with van der Waals surface area (Å²) in [5.74, 6) is -1.04. The predicted octanol–water partition coefficient (Wildman–Crippen LogP) is 8.73.